The van der Waals surface area contributed by atoms with Crippen molar-refractivity contribution in [2.75, 3.05) is 25.0 Å². The molecule has 2 rings (SSSR count). The van der Waals surface area contributed by atoms with Gasteiger partial charge in [0.25, 0.3) is 5.91 Å². The number of nitrogens with zero attached hydrogens (tertiary/aromatic N) is 1. The number of carbonyl (C=O) groups excluding carboxylic acids is 3. The molecule has 6 heteroatoms. The Morgan fingerprint density at radius 2 is 1.88 bits per heavy atom. The van der Waals surface area contributed by atoms with Gasteiger partial charge in [-0.05, 0) is 37.0 Å². The summed E-state index contributed by atoms with van der Waals surface area (Å²) < 4.78 is 0. The van der Waals surface area contributed by atoms with Gasteiger partial charge in [-0.1, -0.05) is 19.9 Å². The Kier molecular flexibility index (Phi) is 6.56. The standard InChI is InChI=1S/C19H27N3O3/c1-13(2)12-20-18(24)15-7-9-22(10-8-15)19(25)16-5-4-6-17(11-16)21-14(3)23/h4-6,11,13,15H,7-10,12H2,1-3H3,(H,20,24)(H,21,23). The summed E-state index contributed by atoms with van der Waals surface area (Å²) in [4.78, 5) is 37.7. The van der Waals surface area contributed by atoms with Gasteiger partial charge >= 0.3 is 0 Å². The van der Waals surface area contributed by atoms with Crippen molar-refractivity contribution in [1.82, 2.24) is 10.2 Å². The van der Waals surface area contributed by atoms with Gasteiger partial charge in [0.1, 0.15) is 0 Å². The van der Waals surface area contributed by atoms with Crippen LogP contribution >= 0.6 is 0 Å². The third-order valence-corrected chi connectivity index (χ3v) is 4.27. The maximum Gasteiger partial charge on any atom is 0.253 e. The molecule has 25 heavy (non-hydrogen) atoms. The monoisotopic (exact) mass is 345 g/mol. The van der Waals surface area contributed by atoms with Crippen LogP contribution in [0.1, 0.15) is 44.0 Å². The summed E-state index contributed by atoms with van der Waals surface area (Å²) >= 11 is 0. The molecule has 1 aliphatic heterocycles. The summed E-state index contributed by atoms with van der Waals surface area (Å²) in [5.74, 6) is 0.273. The highest BCUT2D eigenvalue weighted by atomic mass is 16.2. The first-order chi connectivity index (χ1) is 11.9. The van der Waals surface area contributed by atoms with Gasteiger partial charge in [-0.2, -0.15) is 0 Å². The molecule has 0 radical (unpaired) electrons. The molecule has 6 nitrogen and oxygen atoms in total. The summed E-state index contributed by atoms with van der Waals surface area (Å²) in [7, 11) is 0. The van der Waals surface area contributed by atoms with E-state index in [0.717, 1.165) is 0 Å². The van der Waals surface area contributed by atoms with E-state index in [2.05, 4.69) is 24.5 Å². The van der Waals surface area contributed by atoms with Crippen LogP contribution in [0.5, 0.6) is 0 Å². The Morgan fingerprint density at radius 3 is 2.48 bits per heavy atom. The Bertz CT molecular complexity index is 635. The number of amides is 3. The van der Waals surface area contributed by atoms with Crippen LogP contribution in [0.15, 0.2) is 24.3 Å². The van der Waals surface area contributed by atoms with Crippen LogP contribution in [0.25, 0.3) is 0 Å². The number of hydrogen-bond acceptors (Lipinski definition) is 3. The zero-order chi connectivity index (χ0) is 18.4. The number of likely N-dealkylation sites (tertiary alicyclic amines) is 1. The number of carbonyl (C=O) groups is 3. The third kappa shape index (κ3) is 5.59. The fourth-order valence-electron chi connectivity index (χ4n) is 2.91. The van der Waals surface area contributed by atoms with E-state index in [1.54, 1.807) is 29.2 Å². The smallest absolute Gasteiger partial charge is 0.253 e. The van der Waals surface area contributed by atoms with Crippen LogP contribution in [0.2, 0.25) is 0 Å². The van der Waals surface area contributed by atoms with Crippen molar-refractivity contribution in [2.24, 2.45) is 11.8 Å². The Hall–Kier alpha value is -2.37. The van der Waals surface area contributed by atoms with E-state index in [-0.39, 0.29) is 23.6 Å². The molecule has 0 atom stereocenters. The summed E-state index contributed by atoms with van der Waals surface area (Å²) in [6.45, 7) is 7.40. The molecule has 136 valence electrons. The van der Waals surface area contributed by atoms with Crippen molar-refractivity contribution < 1.29 is 14.4 Å². The Morgan fingerprint density at radius 1 is 1.20 bits per heavy atom. The molecule has 1 saturated heterocycles. The lowest BCUT2D eigenvalue weighted by Gasteiger charge is -2.31. The third-order valence-electron chi connectivity index (χ3n) is 4.27. The van der Waals surface area contributed by atoms with Gasteiger partial charge in [-0.15, -0.1) is 0 Å². The van der Waals surface area contributed by atoms with Gasteiger partial charge in [0.15, 0.2) is 0 Å². The number of nitrogens with one attached hydrogen (secondary N) is 2. The maximum absolute atomic E-state index is 12.6. The van der Waals surface area contributed by atoms with E-state index in [9.17, 15) is 14.4 Å². The summed E-state index contributed by atoms with van der Waals surface area (Å²) in [6, 6.07) is 6.94. The highest BCUT2D eigenvalue weighted by Gasteiger charge is 2.27. The summed E-state index contributed by atoms with van der Waals surface area (Å²) in [5.41, 5.74) is 1.16. The van der Waals surface area contributed by atoms with Gasteiger partial charge in [-0.25, -0.2) is 0 Å². The molecule has 1 fully saturated rings. The average molecular weight is 345 g/mol. The van der Waals surface area contributed by atoms with Crippen molar-refractivity contribution in [3.8, 4) is 0 Å². The molecule has 0 unspecified atom stereocenters. The molecule has 0 spiro atoms. The molecular formula is C19H27N3O3. The fourth-order valence-corrected chi connectivity index (χ4v) is 2.91. The molecule has 1 aliphatic rings. The summed E-state index contributed by atoms with van der Waals surface area (Å²) in [5, 5.41) is 5.66. The van der Waals surface area contributed by atoms with Crippen LogP contribution in [0.3, 0.4) is 0 Å². The van der Waals surface area contributed by atoms with Crippen LogP contribution in [-0.2, 0) is 9.59 Å². The zero-order valence-corrected chi connectivity index (χ0v) is 15.2. The first kappa shape index (κ1) is 19.0. The zero-order valence-electron chi connectivity index (χ0n) is 15.2. The Labute approximate surface area is 149 Å². The van der Waals surface area contributed by atoms with E-state index in [1.165, 1.54) is 6.92 Å². The molecule has 3 amide bonds. The van der Waals surface area contributed by atoms with Crippen molar-refractivity contribution in [3.63, 3.8) is 0 Å². The maximum atomic E-state index is 12.6. The van der Waals surface area contributed by atoms with E-state index < -0.39 is 0 Å². The molecule has 2 N–H and O–H groups in total. The summed E-state index contributed by atoms with van der Waals surface area (Å²) in [6.07, 6.45) is 1.36. The largest absolute Gasteiger partial charge is 0.356 e. The van der Waals surface area contributed by atoms with Crippen molar-refractivity contribution >= 4 is 23.4 Å². The van der Waals surface area contributed by atoms with Crippen molar-refractivity contribution in [1.29, 1.82) is 0 Å². The minimum absolute atomic E-state index is 0.0199. The van der Waals surface area contributed by atoms with Crippen LogP contribution in [0.4, 0.5) is 5.69 Å². The predicted molar refractivity (Wildman–Crippen MR) is 97.2 cm³/mol. The number of benzene rings is 1. The van der Waals surface area contributed by atoms with Crippen LogP contribution < -0.4 is 10.6 Å². The van der Waals surface area contributed by atoms with E-state index >= 15 is 0 Å². The van der Waals surface area contributed by atoms with E-state index in [1.807, 2.05) is 0 Å². The molecule has 1 aromatic rings. The van der Waals surface area contributed by atoms with Gasteiger partial charge in [0.2, 0.25) is 11.8 Å². The molecule has 0 bridgehead atoms. The van der Waals surface area contributed by atoms with Gasteiger partial charge in [0.05, 0.1) is 0 Å². The minimum Gasteiger partial charge on any atom is -0.356 e. The van der Waals surface area contributed by atoms with Gasteiger partial charge < -0.3 is 15.5 Å². The predicted octanol–water partition coefficient (Wildman–Crippen LogP) is 2.27. The van der Waals surface area contributed by atoms with Gasteiger partial charge in [0, 0.05) is 43.7 Å². The SMILES string of the molecule is CC(=O)Nc1cccc(C(=O)N2CCC(C(=O)NCC(C)C)CC2)c1. The molecular weight excluding hydrogens is 318 g/mol. The first-order valence-corrected chi connectivity index (χ1v) is 8.81. The second-order valence-electron chi connectivity index (χ2n) is 6.97. The second kappa shape index (κ2) is 8.65. The van der Waals surface area contributed by atoms with E-state index in [4.69, 9.17) is 0 Å². The topological polar surface area (TPSA) is 78.5 Å². The molecule has 0 saturated carbocycles. The molecule has 1 aromatic carbocycles. The number of anilines is 1. The molecule has 0 aromatic heterocycles. The average Bonchev–Trinajstić information content (AvgIpc) is 2.59. The van der Waals surface area contributed by atoms with Crippen molar-refractivity contribution in [2.45, 2.75) is 33.6 Å². The normalized spacial score (nSPS) is 15.1. The highest BCUT2D eigenvalue weighted by Crippen LogP contribution is 2.20. The number of rotatable bonds is 5. The quantitative estimate of drug-likeness (QED) is 0.859. The molecule has 1 heterocycles. The van der Waals surface area contributed by atoms with Crippen LogP contribution in [0, 0.1) is 11.8 Å². The van der Waals surface area contributed by atoms with Gasteiger partial charge in [-0.3, -0.25) is 14.4 Å². The number of hydrogen-bond donors (Lipinski definition) is 2. The number of piperidine rings is 1. The van der Waals surface area contributed by atoms with Crippen LogP contribution in [-0.4, -0.2) is 42.3 Å². The highest BCUT2D eigenvalue weighted by molar-refractivity contribution is 5.97. The first-order valence-electron chi connectivity index (χ1n) is 8.81. The lowest BCUT2D eigenvalue weighted by molar-refractivity contribution is -0.126. The Balaban J connectivity index is 1.91. The van der Waals surface area contributed by atoms with Crippen molar-refractivity contribution in [3.05, 3.63) is 29.8 Å². The lowest BCUT2D eigenvalue weighted by atomic mass is 9.95. The lowest BCUT2D eigenvalue weighted by Crippen LogP contribution is -2.43. The second-order valence-corrected chi connectivity index (χ2v) is 6.97. The molecule has 0 aliphatic carbocycles. The fraction of sp³-hybridized carbons (Fsp3) is 0.526. The van der Waals surface area contributed by atoms with E-state index in [0.29, 0.717) is 49.6 Å². The minimum atomic E-state index is -0.169.